The fraction of sp³-hybridized carbons (Fsp3) is 0. The van der Waals surface area contributed by atoms with Crippen LogP contribution in [0.4, 0.5) is 0 Å². The third kappa shape index (κ3) is 179. The summed E-state index contributed by atoms with van der Waals surface area (Å²) < 4.78 is 34.1. The summed E-state index contributed by atoms with van der Waals surface area (Å²) >= 11 is 0. The molecule has 0 aliphatic rings. The summed E-state index contributed by atoms with van der Waals surface area (Å²) in [5.41, 5.74) is 0. The van der Waals surface area contributed by atoms with E-state index in [0.29, 0.717) is 0 Å². The summed E-state index contributed by atoms with van der Waals surface area (Å²) in [4.78, 5) is 0. The molecule has 0 aliphatic heterocycles. The van der Waals surface area contributed by atoms with Crippen LogP contribution in [0, 0.1) is 0 Å². The molecule has 0 saturated heterocycles. The molecule has 7 heteroatoms. The van der Waals surface area contributed by atoms with Crippen molar-refractivity contribution < 1.29 is 17.5 Å². The molecular formula is H2MgO4S2. The molecule has 0 aromatic heterocycles. The molecule has 0 aromatic carbocycles. The summed E-state index contributed by atoms with van der Waals surface area (Å²) in [6.07, 6.45) is 0. The Kier molecular flexibility index (Phi) is 11.5. The first-order chi connectivity index (χ1) is 2.00. The van der Waals surface area contributed by atoms with Crippen LogP contribution in [0.1, 0.15) is 0 Å². The average molecular weight is 154 g/mol. The zero-order chi connectivity index (χ0) is 4.50. The maximum Gasteiger partial charge on any atom is 2.00 e. The van der Waals surface area contributed by atoms with E-state index in [-0.39, 0.29) is 36.5 Å². The molecule has 0 aliphatic carbocycles. The Morgan fingerprint density at radius 2 is 1.14 bits per heavy atom. The molecule has 0 radical (unpaired) electrons. The standard InChI is InChI=1S/Mg.H2O4S.H2S/c;1-5(2,3)4;/h;(H2,1,2,3,4);1H2/q+2;;/p-2. The van der Waals surface area contributed by atoms with Crippen molar-refractivity contribution in [3.8, 4) is 0 Å². The van der Waals surface area contributed by atoms with Gasteiger partial charge in [-0.15, -0.1) is 0 Å². The Morgan fingerprint density at radius 3 is 1.14 bits per heavy atom. The summed E-state index contributed by atoms with van der Waals surface area (Å²) in [5, 5.41) is 0. The van der Waals surface area contributed by atoms with Crippen molar-refractivity contribution in [1.29, 1.82) is 0 Å². The van der Waals surface area contributed by atoms with Crippen LogP contribution in [0.15, 0.2) is 0 Å². The second kappa shape index (κ2) is 5.13. The Bertz CT molecular complexity index is 92.9. The molecule has 7 heavy (non-hydrogen) atoms. The predicted molar refractivity (Wildman–Crippen MR) is 26.6 cm³/mol. The van der Waals surface area contributed by atoms with Crippen molar-refractivity contribution in [2.24, 2.45) is 0 Å². The maximum absolute atomic E-state index is 8.52. The van der Waals surface area contributed by atoms with Crippen molar-refractivity contribution in [3.05, 3.63) is 0 Å². The van der Waals surface area contributed by atoms with Gasteiger partial charge in [-0.25, -0.2) is 0 Å². The number of rotatable bonds is 0. The van der Waals surface area contributed by atoms with Crippen LogP contribution in [-0.4, -0.2) is 40.6 Å². The Morgan fingerprint density at radius 1 is 1.14 bits per heavy atom. The molecule has 0 unspecified atom stereocenters. The van der Waals surface area contributed by atoms with Gasteiger partial charge in [-0.3, -0.25) is 8.42 Å². The topological polar surface area (TPSA) is 80.3 Å². The number of hydrogen-bond donors (Lipinski definition) is 0. The van der Waals surface area contributed by atoms with Gasteiger partial charge in [-0.1, -0.05) is 0 Å². The molecule has 0 aromatic rings. The smallest absolute Gasteiger partial charge is 0.759 e. The van der Waals surface area contributed by atoms with Crippen LogP contribution in [0.25, 0.3) is 0 Å². The molecule has 0 N–H and O–H groups in total. The van der Waals surface area contributed by atoms with Gasteiger partial charge in [-0.05, 0) is 0 Å². The van der Waals surface area contributed by atoms with E-state index in [2.05, 4.69) is 0 Å². The van der Waals surface area contributed by atoms with Crippen LogP contribution >= 0.6 is 13.5 Å². The van der Waals surface area contributed by atoms with E-state index in [9.17, 15) is 0 Å². The molecule has 0 saturated carbocycles. The molecule has 0 rings (SSSR count). The second-order valence-electron chi connectivity index (χ2n) is 0.408. The average Bonchev–Trinajstić information content (AvgIpc) is 0.722. The van der Waals surface area contributed by atoms with Crippen molar-refractivity contribution in [1.82, 2.24) is 0 Å². The van der Waals surface area contributed by atoms with Crippen molar-refractivity contribution in [2.75, 3.05) is 0 Å². The van der Waals surface area contributed by atoms with Gasteiger partial charge in [0.2, 0.25) is 0 Å². The van der Waals surface area contributed by atoms with E-state index in [1.54, 1.807) is 0 Å². The Labute approximate surface area is 64.5 Å². The van der Waals surface area contributed by atoms with Crippen molar-refractivity contribution in [3.63, 3.8) is 0 Å². The molecule has 0 fully saturated rings. The summed E-state index contributed by atoms with van der Waals surface area (Å²) in [6.45, 7) is 0. The summed E-state index contributed by atoms with van der Waals surface area (Å²) in [7, 11) is -5.17. The van der Waals surface area contributed by atoms with Crippen LogP contribution in [0.3, 0.4) is 0 Å². The first-order valence-electron chi connectivity index (χ1n) is 0.667. The van der Waals surface area contributed by atoms with Gasteiger partial charge in [0, 0.05) is 10.4 Å². The number of hydrogen-bond acceptors (Lipinski definition) is 4. The van der Waals surface area contributed by atoms with Crippen LogP contribution in [0.2, 0.25) is 0 Å². The minimum Gasteiger partial charge on any atom is -0.759 e. The Balaban J connectivity index is -0.0000000800. The third-order valence-corrected chi connectivity index (χ3v) is 0. The predicted octanol–water partition coefficient (Wildman–Crippen LogP) is -1.61. The van der Waals surface area contributed by atoms with Gasteiger partial charge in [0.25, 0.3) is 0 Å². The molecule has 0 atom stereocenters. The van der Waals surface area contributed by atoms with Gasteiger partial charge < -0.3 is 9.11 Å². The first-order valence-corrected chi connectivity index (χ1v) is 2.00. The molecule has 0 bridgehead atoms. The first kappa shape index (κ1) is 15.7. The maximum atomic E-state index is 8.52. The van der Waals surface area contributed by atoms with Gasteiger partial charge in [-0.2, -0.15) is 13.5 Å². The SMILES string of the molecule is O=S(=O)([O-])[O-].S.[Mg+2]. The molecule has 4 nitrogen and oxygen atoms in total. The Hall–Kier alpha value is 0.986. The van der Waals surface area contributed by atoms with E-state index in [1.165, 1.54) is 0 Å². The minimum absolute atomic E-state index is 0. The van der Waals surface area contributed by atoms with Crippen LogP contribution in [0.5, 0.6) is 0 Å². The van der Waals surface area contributed by atoms with Gasteiger partial charge in [0.1, 0.15) is 0 Å². The molecule has 0 spiro atoms. The fourth-order valence-electron chi connectivity index (χ4n) is 0. The van der Waals surface area contributed by atoms with Crippen LogP contribution < -0.4 is 0 Å². The minimum atomic E-state index is -5.17. The van der Waals surface area contributed by atoms with E-state index in [4.69, 9.17) is 17.5 Å². The molecule has 0 heterocycles. The van der Waals surface area contributed by atoms with Gasteiger partial charge in [0.15, 0.2) is 0 Å². The van der Waals surface area contributed by atoms with Gasteiger partial charge in [0.05, 0.1) is 0 Å². The third-order valence-electron chi connectivity index (χ3n) is 0. The second-order valence-corrected chi connectivity index (χ2v) is 1.22. The zero-order valence-corrected chi connectivity index (χ0v) is 6.48. The molecule has 40 valence electrons. The van der Waals surface area contributed by atoms with Crippen molar-refractivity contribution in [2.45, 2.75) is 0 Å². The van der Waals surface area contributed by atoms with E-state index < -0.39 is 10.4 Å². The fourth-order valence-corrected chi connectivity index (χ4v) is 0. The van der Waals surface area contributed by atoms with E-state index in [1.807, 2.05) is 0 Å². The monoisotopic (exact) mass is 154 g/mol. The van der Waals surface area contributed by atoms with Crippen LogP contribution in [-0.2, 0) is 10.4 Å². The summed E-state index contributed by atoms with van der Waals surface area (Å²) in [6, 6.07) is 0. The largest absolute Gasteiger partial charge is 2.00 e. The normalized spacial score (nSPS) is 8.29. The quantitative estimate of drug-likeness (QED) is 0.239. The zero-order valence-electron chi connectivity index (χ0n) is 3.25. The van der Waals surface area contributed by atoms with E-state index in [0.717, 1.165) is 0 Å². The summed E-state index contributed by atoms with van der Waals surface area (Å²) in [5.74, 6) is 0. The van der Waals surface area contributed by atoms with E-state index >= 15 is 0 Å². The van der Waals surface area contributed by atoms with Crippen molar-refractivity contribution >= 4 is 46.9 Å². The molecular weight excluding hydrogens is 152 g/mol. The molecule has 0 amide bonds. The van der Waals surface area contributed by atoms with Gasteiger partial charge >= 0.3 is 23.1 Å².